The van der Waals surface area contributed by atoms with Crippen molar-refractivity contribution in [2.45, 2.75) is 12.8 Å². The lowest BCUT2D eigenvalue weighted by Crippen LogP contribution is -2.38. The maximum absolute atomic E-state index is 2.64. The minimum Gasteiger partial charge on any atom is -0.302 e. The van der Waals surface area contributed by atoms with Crippen LogP contribution in [0, 0.1) is 0 Å². The van der Waals surface area contributed by atoms with Gasteiger partial charge in [0.15, 0.2) is 0 Å². The summed E-state index contributed by atoms with van der Waals surface area (Å²) in [6.45, 7) is 7.78. The highest BCUT2D eigenvalue weighted by atomic mass is 32.2. The zero-order valence-corrected chi connectivity index (χ0v) is 12.4. The Morgan fingerprint density at radius 3 is 1.44 bits per heavy atom. The number of hydrogen-bond acceptors (Lipinski definition) is 4. The summed E-state index contributed by atoms with van der Waals surface area (Å²) in [6.07, 6.45) is 7.11. The second-order valence-corrected chi connectivity index (χ2v) is 6.35. The molecule has 0 bridgehead atoms. The van der Waals surface area contributed by atoms with Crippen molar-refractivity contribution in [1.82, 2.24) is 9.80 Å². The Morgan fingerprint density at radius 1 is 0.750 bits per heavy atom. The van der Waals surface area contributed by atoms with Crippen LogP contribution in [0.5, 0.6) is 0 Å². The molecule has 0 aromatic heterocycles. The van der Waals surface area contributed by atoms with Crippen LogP contribution < -0.4 is 0 Å². The molecule has 0 unspecified atom stereocenters. The maximum atomic E-state index is 2.64. The molecule has 1 aliphatic heterocycles. The monoisotopic (exact) mass is 262 g/mol. The van der Waals surface area contributed by atoms with E-state index in [2.05, 4.69) is 22.3 Å². The third kappa shape index (κ3) is 6.38. The number of rotatable bonds is 6. The fourth-order valence-electron chi connectivity index (χ4n) is 2.15. The lowest BCUT2D eigenvalue weighted by Gasteiger charge is -2.30. The maximum Gasteiger partial charge on any atom is 0.00723 e. The van der Waals surface area contributed by atoms with E-state index in [1.807, 2.05) is 23.5 Å². The Balaban J connectivity index is 2.16. The smallest absolute Gasteiger partial charge is 0.00723 e. The number of hydrogen-bond donors (Lipinski definition) is 0. The quantitative estimate of drug-likeness (QED) is 0.723. The van der Waals surface area contributed by atoms with Crippen LogP contribution >= 0.6 is 23.5 Å². The van der Waals surface area contributed by atoms with Crippen molar-refractivity contribution in [2.75, 3.05) is 63.3 Å². The molecule has 1 rings (SSSR count). The lowest BCUT2D eigenvalue weighted by molar-refractivity contribution is 0.194. The van der Waals surface area contributed by atoms with E-state index in [0.717, 1.165) is 0 Å². The van der Waals surface area contributed by atoms with Gasteiger partial charge in [0.25, 0.3) is 0 Å². The van der Waals surface area contributed by atoms with Crippen molar-refractivity contribution in [3.05, 3.63) is 0 Å². The molecule has 0 saturated carbocycles. The molecule has 0 radical (unpaired) electrons. The highest BCUT2D eigenvalue weighted by Crippen LogP contribution is 2.06. The van der Waals surface area contributed by atoms with E-state index in [-0.39, 0.29) is 0 Å². The molecule has 96 valence electrons. The molecule has 1 fully saturated rings. The van der Waals surface area contributed by atoms with Gasteiger partial charge in [-0.15, -0.1) is 0 Å². The molecule has 2 nitrogen and oxygen atoms in total. The average molecular weight is 262 g/mol. The van der Waals surface area contributed by atoms with Gasteiger partial charge in [-0.05, 0) is 51.5 Å². The van der Waals surface area contributed by atoms with Crippen molar-refractivity contribution < 1.29 is 0 Å². The van der Waals surface area contributed by atoms with Crippen LogP contribution in [-0.4, -0.2) is 73.1 Å². The predicted molar refractivity (Wildman–Crippen MR) is 78.9 cm³/mol. The van der Waals surface area contributed by atoms with Crippen LogP contribution in [0.4, 0.5) is 0 Å². The summed E-state index contributed by atoms with van der Waals surface area (Å²) in [5, 5.41) is 0. The summed E-state index contributed by atoms with van der Waals surface area (Å²) >= 11 is 3.93. The summed E-state index contributed by atoms with van der Waals surface area (Å²) in [6, 6.07) is 0. The highest BCUT2D eigenvalue weighted by Gasteiger charge is 2.11. The first-order valence-corrected chi connectivity index (χ1v) is 9.08. The van der Waals surface area contributed by atoms with E-state index >= 15 is 0 Å². The summed E-state index contributed by atoms with van der Waals surface area (Å²) in [7, 11) is 0. The molecule has 0 aliphatic carbocycles. The Hall–Kier alpha value is 0.620. The van der Waals surface area contributed by atoms with E-state index < -0.39 is 0 Å². The molecule has 0 amide bonds. The second kappa shape index (κ2) is 9.63. The minimum atomic E-state index is 1.28. The van der Waals surface area contributed by atoms with E-state index in [4.69, 9.17) is 0 Å². The Labute approximate surface area is 110 Å². The first-order chi connectivity index (χ1) is 7.86. The number of nitrogens with zero attached hydrogens (tertiary/aromatic N) is 2. The molecule has 1 aliphatic rings. The molecule has 1 heterocycles. The van der Waals surface area contributed by atoms with E-state index in [9.17, 15) is 0 Å². The SMILES string of the molecule is CSCCN1CCCN(CCSC)CCC1. The minimum absolute atomic E-state index is 1.28. The predicted octanol–water partition coefficient (Wildman–Crippen LogP) is 2.11. The van der Waals surface area contributed by atoms with Crippen molar-refractivity contribution >= 4 is 23.5 Å². The first kappa shape index (κ1) is 14.7. The Bertz CT molecular complexity index is 141. The highest BCUT2D eigenvalue weighted by molar-refractivity contribution is 7.98. The van der Waals surface area contributed by atoms with Gasteiger partial charge in [0.1, 0.15) is 0 Å². The molecular weight excluding hydrogens is 236 g/mol. The topological polar surface area (TPSA) is 6.48 Å². The van der Waals surface area contributed by atoms with Gasteiger partial charge >= 0.3 is 0 Å². The van der Waals surface area contributed by atoms with Crippen LogP contribution in [-0.2, 0) is 0 Å². The zero-order valence-electron chi connectivity index (χ0n) is 10.8. The summed E-state index contributed by atoms with van der Waals surface area (Å²) in [4.78, 5) is 5.28. The molecule has 0 atom stereocenters. The van der Waals surface area contributed by atoms with E-state index in [1.165, 1.54) is 63.6 Å². The van der Waals surface area contributed by atoms with Crippen LogP contribution in [0.25, 0.3) is 0 Å². The molecule has 0 aromatic carbocycles. The number of thioether (sulfide) groups is 2. The van der Waals surface area contributed by atoms with Gasteiger partial charge in [0.2, 0.25) is 0 Å². The summed E-state index contributed by atoms with van der Waals surface area (Å²) < 4.78 is 0. The third-order valence-corrected chi connectivity index (χ3v) is 4.30. The normalized spacial score (nSPS) is 20.6. The fraction of sp³-hybridized carbons (Fsp3) is 1.00. The van der Waals surface area contributed by atoms with Crippen LogP contribution in [0.15, 0.2) is 0 Å². The Morgan fingerprint density at radius 2 is 1.12 bits per heavy atom. The summed E-state index contributed by atoms with van der Waals surface area (Å²) in [5.74, 6) is 2.58. The molecule has 4 heteroatoms. The van der Waals surface area contributed by atoms with E-state index in [1.54, 1.807) is 0 Å². The van der Waals surface area contributed by atoms with Gasteiger partial charge in [0, 0.05) is 24.6 Å². The van der Waals surface area contributed by atoms with Crippen LogP contribution in [0.3, 0.4) is 0 Å². The van der Waals surface area contributed by atoms with Crippen molar-refractivity contribution in [3.8, 4) is 0 Å². The van der Waals surface area contributed by atoms with Crippen LogP contribution in [0.1, 0.15) is 12.8 Å². The van der Waals surface area contributed by atoms with Gasteiger partial charge in [-0.25, -0.2) is 0 Å². The van der Waals surface area contributed by atoms with E-state index in [0.29, 0.717) is 0 Å². The molecule has 0 spiro atoms. The molecule has 0 aromatic rings. The lowest BCUT2D eigenvalue weighted by atomic mass is 10.2. The first-order valence-electron chi connectivity index (χ1n) is 6.29. The Kier molecular flexibility index (Phi) is 8.84. The third-order valence-electron chi connectivity index (χ3n) is 3.12. The molecule has 16 heavy (non-hydrogen) atoms. The second-order valence-electron chi connectivity index (χ2n) is 4.38. The average Bonchev–Trinajstić information content (AvgIpc) is 2.26. The van der Waals surface area contributed by atoms with Crippen molar-refractivity contribution in [1.29, 1.82) is 0 Å². The zero-order chi connectivity index (χ0) is 11.6. The largest absolute Gasteiger partial charge is 0.302 e. The van der Waals surface area contributed by atoms with Crippen molar-refractivity contribution in [3.63, 3.8) is 0 Å². The molecular formula is C12H26N2S2. The van der Waals surface area contributed by atoms with Gasteiger partial charge in [0.05, 0.1) is 0 Å². The van der Waals surface area contributed by atoms with Gasteiger partial charge in [-0.2, -0.15) is 23.5 Å². The molecule has 1 saturated heterocycles. The van der Waals surface area contributed by atoms with Crippen molar-refractivity contribution in [2.24, 2.45) is 0 Å². The van der Waals surface area contributed by atoms with Gasteiger partial charge in [-0.3, -0.25) is 0 Å². The fourth-order valence-corrected chi connectivity index (χ4v) is 3.03. The van der Waals surface area contributed by atoms with Crippen LogP contribution in [0.2, 0.25) is 0 Å². The summed E-state index contributed by atoms with van der Waals surface area (Å²) in [5.41, 5.74) is 0. The molecule has 0 N–H and O–H groups in total. The standard InChI is InChI=1S/C12H26N2S2/c1-15-11-9-13-5-3-7-14(8-4-6-13)10-12-16-2/h3-12H2,1-2H3. The van der Waals surface area contributed by atoms with Gasteiger partial charge < -0.3 is 9.80 Å². The van der Waals surface area contributed by atoms with Gasteiger partial charge in [-0.1, -0.05) is 0 Å².